The van der Waals surface area contributed by atoms with Crippen LogP contribution in [0.15, 0.2) is 35.3 Å². The molecule has 1 amide bonds. The molecule has 0 radical (unpaired) electrons. The Morgan fingerprint density at radius 2 is 2.33 bits per heavy atom. The number of amides is 1. The van der Waals surface area contributed by atoms with Gasteiger partial charge >= 0.3 is 0 Å². The molecule has 0 unspecified atom stereocenters. The molecule has 0 aliphatic rings. The quantitative estimate of drug-likeness (QED) is 0.755. The van der Waals surface area contributed by atoms with Crippen molar-refractivity contribution in [2.45, 2.75) is 0 Å². The zero-order valence-electron chi connectivity index (χ0n) is 10.2. The molecule has 1 aromatic rings. The van der Waals surface area contributed by atoms with Gasteiger partial charge in [-0.3, -0.25) is 4.79 Å². The van der Waals surface area contributed by atoms with E-state index in [0.29, 0.717) is 29.7 Å². The van der Waals surface area contributed by atoms with Crippen molar-refractivity contribution in [3.63, 3.8) is 0 Å². The van der Waals surface area contributed by atoms with E-state index in [0.717, 1.165) is 0 Å². The maximum Gasteiger partial charge on any atom is 0.255 e. The maximum atomic E-state index is 13.0. The highest BCUT2D eigenvalue weighted by molar-refractivity contribution is 9.10. The third-order valence-electron chi connectivity index (χ3n) is 2.36. The summed E-state index contributed by atoms with van der Waals surface area (Å²) < 4.78 is 18.4. The first-order valence-electron chi connectivity index (χ1n) is 5.44. The van der Waals surface area contributed by atoms with E-state index in [4.69, 9.17) is 4.74 Å². The van der Waals surface area contributed by atoms with E-state index in [-0.39, 0.29) is 11.7 Å². The van der Waals surface area contributed by atoms with Crippen LogP contribution in [0.4, 0.5) is 4.39 Å². The zero-order chi connectivity index (χ0) is 13.5. The summed E-state index contributed by atoms with van der Waals surface area (Å²) in [6, 6.07) is 4.00. The van der Waals surface area contributed by atoms with Gasteiger partial charge in [0.25, 0.3) is 5.91 Å². The summed E-state index contributed by atoms with van der Waals surface area (Å²) in [6.07, 6.45) is 1.64. The second kappa shape index (κ2) is 7.28. The van der Waals surface area contributed by atoms with Crippen LogP contribution >= 0.6 is 15.9 Å². The minimum atomic E-state index is -0.384. The zero-order valence-corrected chi connectivity index (χ0v) is 11.7. The third kappa shape index (κ3) is 3.92. The predicted molar refractivity (Wildman–Crippen MR) is 72.1 cm³/mol. The molecule has 0 aromatic heterocycles. The van der Waals surface area contributed by atoms with Crippen LogP contribution in [-0.2, 0) is 4.74 Å². The number of benzene rings is 1. The van der Waals surface area contributed by atoms with Crippen molar-refractivity contribution >= 4 is 21.8 Å². The number of halogens is 2. The molecule has 0 N–H and O–H groups in total. The van der Waals surface area contributed by atoms with Crippen molar-refractivity contribution in [3.05, 3.63) is 46.7 Å². The number of carbonyl (C=O) groups excluding carboxylic acids is 1. The molecular weight excluding hydrogens is 301 g/mol. The summed E-state index contributed by atoms with van der Waals surface area (Å²) in [5.74, 6) is -0.565. The number of rotatable bonds is 6. The van der Waals surface area contributed by atoms with Crippen molar-refractivity contribution in [2.24, 2.45) is 0 Å². The van der Waals surface area contributed by atoms with Gasteiger partial charge in [-0.2, -0.15) is 0 Å². The van der Waals surface area contributed by atoms with Gasteiger partial charge in [-0.15, -0.1) is 6.58 Å². The molecule has 0 spiro atoms. The number of hydrogen-bond donors (Lipinski definition) is 0. The minimum absolute atomic E-state index is 0.182. The highest BCUT2D eigenvalue weighted by Gasteiger charge is 2.17. The van der Waals surface area contributed by atoms with E-state index in [2.05, 4.69) is 22.5 Å². The average Bonchev–Trinajstić information content (AvgIpc) is 2.33. The monoisotopic (exact) mass is 315 g/mol. The fourth-order valence-electron chi connectivity index (χ4n) is 1.47. The number of carbonyl (C=O) groups is 1. The summed E-state index contributed by atoms with van der Waals surface area (Å²) in [7, 11) is 1.57. The molecule has 1 rings (SSSR count). The Balaban J connectivity index is 2.90. The Hall–Kier alpha value is -1.20. The lowest BCUT2D eigenvalue weighted by molar-refractivity contribution is 0.0717. The van der Waals surface area contributed by atoms with E-state index < -0.39 is 0 Å². The molecule has 18 heavy (non-hydrogen) atoms. The lowest BCUT2D eigenvalue weighted by Crippen LogP contribution is -2.34. The Morgan fingerprint density at radius 1 is 1.61 bits per heavy atom. The number of hydrogen-bond acceptors (Lipinski definition) is 2. The maximum absolute atomic E-state index is 13.0. The first kappa shape index (κ1) is 14.9. The second-order valence-corrected chi connectivity index (χ2v) is 4.51. The van der Waals surface area contributed by atoms with Gasteiger partial charge in [0.2, 0.25) is 0 Å². The van der Waals surface area contributed by atoms with Gasteiger partial charge in [0.15, 0.2) is 0 Å². The van der Waals surface area contributed by atoms with Gasteiger partial charge in [0.05, 0.1) is 12.2 Å². The first-order valence-corrected chi connectivity index (χ1v) is 6.23. The summed E-state index contributed by atoms with van der Waals surface area (Å²) >= 11 is 3.19. The van der Waals surface area contributed by atoms with Crippen LogP contribution in [0.1, 0.15) is 10.4 Å². The normalized spacial score (nSPS) is 10.2. The van der Waals surface area contributed by atoms with Crippen LogP contribution in [0, 0.1) is 5.82 Å². The minimum Gasteiger partial charge on any atom is -0.383 e. The molecule has 0 bridgehead atoms. The van der Waals surface area contributed by atoms with Crippen molar-refractivity contribution in [1.29, 1.82) is 0 Å². The molecule has 1 aromatic carbocycles. The lowest BCUT2D eigenvalue weighted by Gasteiger charge is -2.21. The molecule has 0 aliphatic heterocycles. The third-order valence-corrected chi connectivity index (χ3v) is 3.02. The largest absolute Gasteiger partial charge is 0.383 e. The Bertz CT molecular complexity index is 437. The van der Waals surface area contributed by atoms with E-state index in [1.54, 1.807) is 18.1 Å². The lowest BCUT2D eigenvalue weighted by atomic mass is 10.2. The van der Waals surface area contributed by atoms with Crippen molar-refractivity contribution < 1.29 is 13.9 Å². The number of methoxy groups -OCH3 is 1. The fourth-order valence-corrected chi connectivity index (χ4v) is 1.99. The highest BCUT2D eigenvalue weighted by Crippen LogP contribution is 2.19. The van der Waals surface area contributed by atoms with Gasteiger partial charge in [0.1, 0.15) is 5.82 Å². The van der Waals surface area contributed by atoms with Gasteiger partial charge in [0, 0.05) is 24.7 Å². The van der Waals surface area contributed by atoms with Crippen molar-refractivity contribution in [1.82, 2.24) is 4.90 Å². The fraction of sp³-hybridized carbons (Fsp3) is 0.308. The van der Waals surface area contributed by atoms with Crippen molar-refractivity contribution in [2.75, 3.05) is 26.8 Å². The molecule has 0 saturated carbocycles. The molecule has 0 fully saturated rings. The Labute approximate surface area is 114 Å². The average molecular weight is 316 g/mol. The Kier molecular flexibility index (Phi) is 6.01. The first-order chi connectivity index (χ1) is 8.60. The van der Waals surface area contributed by atoms with Gasteiger partial charge in [-0.25, -0.2) is 4.39 Å². The summed E-state index contributed by atoms with van der Waals surface area (Å²) in [5, 5.41) is 0. The topological polar surface area (TPSA) is 29.5 Å². The molecule has 0 atom stereocenters. The SMILES string of the molecule is C=CCN(CCOC)C(=O)c1ccc(F)cc1Br. The Morgan fingerprint density at radius 3 is 2.89 bits per heavy atom. The summed E-state index contributed by atoms with van der Waals surface area (Å²) in [4.78, 5) is 13.8. The van der Waals surface area contributed by atoms with Crippen LogP contribution in [-0.4, -0.2) is 37.6 Å². The van der Waals surface area contributed by atoms with Crippen LogP contribution in [0.3, 0.4) is 0 Å². The van der Waals surface area contributed by atoms with Crippen LogP contribution in [0.2, 0.25) is 0 Å². The summed E-state index contributed by atoms with van der Waals surface area (Å²) in [5.41, 5.74) is 0.425. The molecule has 3 nitrogen and oxygen atoms in total. The van der Waals surface area contributed by atoms with E-state index in [1.165, 1.54) is 18.2 Å². The highest BCUT2D eigenvalue weighted by atomic mass is 79.9. The van der Waals surface area contributed by atoms with Crippen LogP contribution in [0.5, 0.6) is 0 Å². The molecule has 0 aliphatic carbocycles. The second-order valence-electron chi connectivity index (χ2n) is 3.66. The standard InChI is InChI=1S/C13H15BrFNO2/c1-3-6-16(7-8-18-2)13(17)11-5-4-10(15)9-12(11)14/h3-5,9H,1,6-8H2,2H3. The van der Waals surface area contributed by atoms with Gasteiger partial charge in [-0.1, -0.05) is 6.08 Å². The number of ether oxygens (including phenoxy) is 1. The van der Waals surface area contributed by atoms with Crippen LogP contribution in [0.25, 0.3) is 0 Å². The summed E-state index contributed by atoms with van der Waals surface area (Å²) in [6.45, 7) is 4.94. The molecule has 5 heteroatoms. The van der Waals surface area contributed by atoms with Crippen molar-refractivity contribution in [3.8, 4) is 0 Å². The molecule has 0 saturated heterocycles. The molecular formula is C13H15BrFNO2. The van der Waals surface area contributed by atoms with Crippen LogP contribution < -0.4 is 0 Å². The number of nitrogens with zero attached hydrogens (tertiary/aromatic N) is 1. The van der Waals surface area contributed by atoms with E-state index in [9.17, 15) is 9.18 Å². The smallest absolute Gasteiger partial charge is 0.255 e. The van der Waals surface area contributed by atoms with E-state index >= 15 is 0 Å². The van der Waals surface area contributed by atoms with Gasteiger partial charge < -0.3 is 9.64 Å². The predicted octanol–water partition coefficient (Wildman–Crippen LogP) is 2.86. The van der Waals surface area contributed by atoms with Gasteiger partial charge in [-0.05, 0) is 34.1 Å². The van der Waals surface area contributed by atoms with E-state index in [1.807, 2.05) is 0 Å². The molecule has 98 valence electrons. The molecule has 0 heterocycles.